The van der Waals surface area contributed by atoms with Crippen LogP contribution in [0.25, 0.3) is 0 Å². The number of hydrogen-bond donors (Lipinski definition) is 2. The Labute approximate surface area is 229 Å². The molecule has 2 aliphatic heterocycles. The fourth-order valence-corrected chi connectivity index (χ4v) is 5.68. The van der Waals surface area contributed by atoms with Crippen LogP contribution in [0.2, 0.25) is 0 Å². The zero-order chi connectivity index (χ0) is 27.9. The molecule has 3 atom stereocenters. The summed E-state index contributed by atoms with van der Waals surface area (Å²) < 4.78 is 22.3. The van der Waals surface area contributed by atoms with E-state index in [2.05, 4.69) is 6.92 Å². The van der Waals surface area contributed by atoms with E-state index >= 15 is 0 Å². The Hall–Kier alpha value is -3.50. The van der Waals surface area contributed by atoms with Crippen LogP contribution in [0.4, 0.5) is 0 Å². The minimum atomic E-state index is -0.920. The second-order valence-corrected chi connectivity index (χ2v) is 9.96. The van der Waals surface area contributed by atoms with Crippen molar-refractivity contribution >= 4 is 11.9 Å². The third-order valence-corrected chi connectivity index (χ3v) is 7.64. The predicted octanol–water partition coefficient (Wildman–Crippen LogP) is 2.73. The van der Waals surface area contributed by atoms with Crippen molar-refractivity contribution in [3.05, 3.63) is 47.5 Å². The average molecular weight is 542 g/mol. The van der Waals surface area contributed by atoms with Gasteiger partial charge >= 0.3 is 5.97 Å². The summed E-state index contributed by atoms with van der Waals surface area (Å²) in [6, 6.07) is 10.8. The molecule has 0 bridgehead atoms. The molecule has 4 rings (SSSR count). The first-order valence-electron chi connectivity index (χ1n) is 13.5. The Morgan fingerprint density at radius 1 is 1.13 bits per heavy atom. The van der Waals surface area contributed by atoms with Gasteiger partial charge in [-0.15, -0.1) is 0 Å². The first kappa shape index (κ1) is 28.5. The first-order chi connectivity index (χ1) is 18.9. The van der Waals surface area contributed by atoms with Crippen molar-refractivity contribution in [2.24, 2.45) is 11.7 Å². The molecule has 10 nitrogen and oxygen atoms in total. The number of fused-ring (bicyclic) bond motifs is 1. The minimum Gasteiger partial charge on any atom is -0.496 e. The maximum atomic E-state index is 13.5. The molecule has 0 radical (unpaired) electrons. The number of carbonyl (C=O) groups is 2. The second-order valence-electron chi connectivity index (χ2n) is 9.96. The summed E-state index contributed by atoms with van der Waals surface area (Å²) in [6.45, 7) is 4.11. The second kappa shape index (κ2) is 13.0. The maximum absolute atomic E-state index is 13.5. The van der Waals surface area contributed by atoms with E-state index < -0.39 is 23.8 Å². The number of carbonyl (C=O) groups excluding carboxylic acids is 1. The number of amides is 1. The van der Waals surface area contributed by atoms with Gasteiger partial charge in [0.25, 0.3) is 0 Å². The molecule has 0 unspecified atom stereocenters. The van der Waals surface area contributed by atoms with Gasteiger partial charge in [-0.25, -0.2) is 0 Å². The Morgan fingerprint density at radius 3 is 2.59 bits per heavy atom. The van der Waals surface area contributed by atoms with Crippen LogP contribution < -0.4 is 24.7 Å². The third kappa shape index (κ3) is 6.23. The number of ether oxygens (including phenoxy) is 4. The standard InChI is InChI=1S/C29H39N3O7/c1-4-5-11-31(12-10-30)26(33)17-32-16-21(20-14-24(37-3)28-25(15-20)38-18-39-28)27(29(34)35)22(32)13-19-8-6-7-9-23(19)36-2/h6-9,14-15,21-22,27H,4-5,10-13,16-18,30H2,1-3H3,(H,34,35)/t21-,22+,27-/m1/s1. The predicted molar refractivity (Wildman–Crippen MR) is 146 cm³/mol. The van der Waals surface area contributed by atoms with Crippen molar-refractivity contribution in [2.75, 3.05) is 53.7 Å². The van der Waals surface area contributed by atoms with Crippen LogP contribution in [0.3, 0.4) is 0 Å². The molecule has 1 amide bonds. The van der Waals surface area contributed by atoms with Crippen LogP contribution in [-0.4, -0.2) is 86.6 Å². The highest BCUT2D eigenvalue weighted by molar-refractivity contribution is 5.79. The molecule has 2 aromatic rings. The molecule has 2 heterocycles. The van der Waals surface area contributed by atoms with E-state index in [9.17, 15) is 14.7 Å². The van der Waals surface area contributed by atoms with Gasteiger partial charge in [-0.2, -0.15) is 0 Å². The van der Waals surface area contributed by atoms with Crippen molar-refractivity contribution in [1.29, 1.82) is 0 Å². The van der Waals surface area contributed by atoms with Gasteiger partial charge in [-0.1, -0.05) is 31.5 Å². The Kier molecular flexibility index (Phi) is 9.53. The van der Waals surface area contributed by atoms with E-state index in [1.165, 1.54) is 0 Å². The summed E-state index contributed by atoms with van der Waals surface area (Å²) in [6.07, 6.45) is 2.26. The van der Waals surface area contributed by atoms with Crippen LogP contribution in [0.15, 0.2) is 36.4 Å². The molecule has 0 saturated carbocycles. The van der Waals surface area contributed by atoms with Crippen molar-refractivity contribution < 1.29 is 33.6 Å². The van der Waals surface area contributed by atoms with Crippen molar-refractivity contribution in [1.82, 2.24) is 9.80 Å². The zero-order valence-electron chi connectivity index (χ0n) is 22.9. The molecule has 2 aliphatic rings. The summed E-state index contributed by atoms with van der Waals surface area (Å²) in [5, 5.41) is 10.5. The Balaban J connectivity index is 1.71. The van der Waals surface area contributed by atoms with Crippen LogP contribution in [-0.2, 0) is 16.0 Å². The molecule has 0 aliphatic carbocycles. The summed E-state index contributed by atoms with van der Waals surface area (Å²) in [7, 11) is 3.14. The van der Waals surface area contributed by atoms with Crippen LogP contribution >= 0.6 is 0 Å². The number of aliphatic carboxylic acids is 1. The normalized spacial score (nSPS) is 20.2. The Bertz CT molecular complexity index is 1160. The van der Waals surface area contributed by atoms with E-state index in [0.29, 0.717) is 55.6 Å². The van der Waals surface area contributed by atoms with Crippen LogP contribution in [0, 0.1) is 5.92 Å². The molecular weight excluding hydrogens is 502 g/mol. The van der Waals surface area contributed by atoms with Crippen molar-refractivity contribution in [3.63, 3.8) is 0 Å². The molecule has 1 fully saturated rings. The maximum Gasteiger partial charge on any atom is 0.308 e. The lowest BCUT2D eigenvalue weighted by molar-refractivity contribution is -0.143. The number of rotatable bonds is 13. The smallest absolute Gasteiger partial charge is 0.308 e. The Morgan fingerprint density at radius 2 is 1.90 bits per heavy atom. The highest BCUT2D eigenvalue weighted by Crippen LogP contribution is 2.47. The molecule has 39 heavy (non-hydrogen) atoms. The number of hydrogen-bond acceptors (Lipinski definition) is 8. The molecule has 3 N–H and O–H groups in total. The quantitative estimate of drug-likeness (QED) is 0.394. The lowest BCUT2D eigenvalue weighted by Gasteiger charge is -2.30. The lowest BCUT2D eigenvalue weighted by Crippen LogP contribution is -2.46. The molecule has 2 aromatic carbocycles. The number of unbranched alkanes of at least 4 members (excludes halogenated alkanes) is 1. The number of benzene rings is 2. The number of likely N-dealkylation sites (tertiary alicyclic amines) is 1. The minimum absolute atomic E-state index is 0.0491. The van der Waals surface area contributed by atoms with Gasteiger partial charge in [-0.05, 0) is 42.2 Å². The zero-order valence-corrected chi connectivity index (χ0v) is 22.9. The van der Waals surface area contributed by atoms with Crippen molar-refractivity contribution in [3.8, 4) is 23.0 Å². The van der Waals surface area contributed by atoms with Gasteiger partial charge < -0.3 is 34.7 Å². The summed E-state index contributed by atoms with van der Waals surface area (Å²) in [4.78, 5) is 30.2. The highest BCUT2D eigenvalue weighted by atomic mass is 16.7. The number of methoxy groups -OCH3 is 2. The number of nitrogens with zero attached hydrogens (tertiary/aromatic N) is 2. The number of carboxylic acid groups (broad SMARTS) is 1. The van der Waals surface area contributed by atoms with E-state index in [1.54, 1.807) is 19.1 Å². The molecule has 212 valence electrons. The summed E-state index contributed by atoms with van der Waals surface area (Å²) >= 11 is 0. The molecule has 1 saturated heterocycles. The van der Waals surface area contributed by atoms with Gasteiger partial charge in [0.15, 0.2) is 11.5 Å². The summed E-state index contributed by atoms with van der Waals surface area (Å²) in [5.41, 5.74) is 7.47. The molecule has 10 heteroatoms. The molecule has 0 spiro atoms. The van der Waals surface area contributed by atoms with Crippen molar-refractivity contribution in [2.45, 2.75) is 38.1 Å². The van der Waals surface area contributed by atoms with E-state index in [0.717, 1.165) is 24.0 Å². The van der Waals surface area contributed by atoms with Crippen LogP contribution in [0.5, 0.6) is 23.0 Å². The van der Waals surface area contributed by atoms with Gasteiger partial charge in [0.2, 0.25) is 18.4 Å². The lowest BCUT2D eigenvalue weighted by atomic mass is 9.83. The number of carboxylic acids is 1. The fraction of sp³-hybridized carbons (Fsp3) is 0.517. The molecular formula is C29H39N3O7. The fourth-order valence-electron chi connectivity index (χ4n) is 5.68. The third-order valence-electron chi connectivity index (χ3n) is 7.64. The van der Waals surface area contributed by atoms with Gasteiger partial charge in [0, 0.05) is 38.1 Å². The van der Waals surface area contributed by atoms with E-state index in [-0.39, 0.29) is 19.2 Å². The van der Waals surface area contributed by atoms with Crippen LogP contribution in [0.1, 0.15) is 36.8 Å². The largest absolute Gasteiger partial charge is 0.496 e. The highest BCUT2D eigenvalue weighted by Gasteiger charge is 2.48. The number of nitrogens with two attached hydrogens (primary N) is 1. The number of para-hydroxylation sites is 1. The van der Waals surface area contributed by atoms with Gasteiger partial charge in [0.1, 0.15) is 5.75 Å². The van der Waals surface area contributed by atoms with Gasteiger partial charge in [-0.3, -0.25) is 14.5 Å². The topological polar surface area (TPSA) is 124 Å². The molecule has 0 aromatic heterocycles. The average Bonchev–Trinajstić information content (AvgIpc) is 3.55. The van der Waals surface area contributed by atoms with E-state index in [1.807, 2.05) is 41.3 Å². The van der Waals surface area contributed by atoms with E-state index in [4.69, 9.17) is 24.7 Å². The van der Waals surface area contributed by atoms with Gasteiger partial charge in [0.05, 0.1) is 26.7 Å². The first-order valence-corrected chi connectivity index (χ1v) is 13.5. The SMILES string of the molecule is CCCCN(CCN)C(=O)CN1C[C@H](c2cc(OC)c3c(c2)OCO3)[C@@H](C(=O)O)[C@@H]1Cc1ccccc1OC. The monoisotopic (exact) mass is 541 g/mol. The summed E-state index contributed by atoms with van der Waals surface area (Å²) in [5.74, 6) is 0.0594.